The minimum atomic E-state index is -0.0417. The predicted octanol–water partition coefficient (Wildman–Crippen LogP) is 4.82. The van der Waals surface area contributed by atoms with Crippen LogP contribution in [0.15, 0.2) is 0 Å². The number of carbonyl (C=O) groups excluding carboxylic acids is 2. The number of likely N-dealkylation sites (tertiary alicyclic amines) is 1. The molecule has 1 unspecified atom stereocenters. The van der Waals surface area contributed by atoms with Crippen LogP contribution in [0, 0.1) is 29.6 Å². The molecule has 1 heterocycles. The van der Waals surface area contributed by atoms with Crippen molar-refractivity contribution in [2.24, 2.45) is 29.6 Å². The molecule has 1 saturated heterocycles. The Morgan fingerprint density at radius 3 is 1.70 bits per heavy atom. The van der Waals surface area contributed by atoms with Gasteiger partial charge in [-0.05, 0) is 104 Å². The van der Waals surface area contributed by atoms with Crippen LogP contribution in [0.4, 0.5) is 0 Å². The fourth-order valence-corrected chi connectivity index (χ4v) is 6.43. The van der Waals surface area contributed by atoms with Crippen LogP contribution in [-0.2, 0) is 19.1 Å². The van der Waals surface area contributed by atoms with E-state index in [0.717, 1.165) is 57.8 Å². The molecule has 30 heavy (non-hydrogen) atoms. The molecule has 5 heteroatoms. The van der Waals surface area contributed by atoms with Crippen LogP contribution in [0.1, 0.15) is 85.5 Å². The molecule has 0 spiro atoms. The summed E-state index contributed by atoms with van der Waals surface area (Å²) in [4.78, 5) is 26.9. The summed E-state index contributed by atoms with van der Waals surface area (Å²) in [7, 11) is 3.67. The Morgan fingerprint density at radius 1 is 0.833 bits per heavy atom. The molecule has 1 atom stereocenters. The monoisotopic (exact) mass is 421 g/mol. The van der Waals surface area contributed by atoms with Gasteiger partial charge in [0.2, 0.25) is 0 Å². The maximum atomic E-state index is 12.8. The number of methoxy groups -OCH3 is 1. The molecule has 0 aromatic carbocycles. The van der Waals surface area contributed by atoms with Crippen molar-refractivity contribution in [3.05, 3.63) is 0 Å². The molecule has 1 aliphatic heterocycles. The Kier molecular flexibility index (Phi) is 7.21. The van der Waals surface area contributed by atoms with Gasteiger partial charge in [-0.3, -0.25) is 14.5 Å². The standard InChI is InChI=1S/C25H43NO4/c1-24(2)15-21(25(3,4)26(24)5)16-30-23(28)20-13-9-18(10-14-20)17-7-11-19(12-8-17)22(27)29-6/h17-21H,7-16H2,1-6H3. The van der Waals surface area contributed by atoms with Crippen molar-refractivity contribution in [3.8, 4) is 0 Å². The first-order valence-electron chi connectivity index (χ1n) is 12.0. The smallest absolute Gasteiger partial charge is 0.308 e. The highest BCUT2D eigenvalue weighted by atomic mass is 16.5. The van der Waals surface area contributed by atoms with Crippen molar-refractivity contribution in [3.63, 3.8) is 0 Å². The molecule has 3 rings (SSSR count). The minimum absolute atomic E-state index is 0.0195. The van der Waals surface area contributed by atoms with Crippen molar-refractivity contribution in [2.45, 2.75) is 96.6 Å². The molecular formula is C25H43NO4. The van der Waals surface area contributed by atoms with Crippen molar-refractivity contribution in [2.75, 3.05) is 20.8 Å². The van der Waals surface area contributed by atoms with Crippen LogP contribution in [-0.4, -0.2) is 48.7 Å². The third-order valence-corrected chi connectivity index (χ3v) is 9.02. The number of esters is 2. The van der Waals surface area contributed by atoms with Crippen LogP contribution in [0.2, 0.25) is 0 Å². The summed E-state index contributed by atoms with van der Waals surface area (Å²) in [5.41, 5.74) is 0.190. The van der Waals surface area contributed by atoms with E-state index in [1.807, 2.05) is 0 Å². The number of rotatable bonds is 5. The molecule has 0 aromatic heterocycles. The Morgan fingerprint density at radius 2 is 1.30 bits per heavy atom. The Bertz CT molecular complexity index is 613. The summed E-state index contributed by atoms with van der Waals surface area (Å²) < 4.78 is 10.8. The van der Waals surface area contributed by atoms with Gasteiger partial charge in [-0.25, -0.2) is 0 Å². The molecule has 0 aromatic rings. The summed E-state index contributed by atoms with van der Waals surface area (Å²) in [5.74, 6) is 1.94. The zero-order chi connectivity index (χ0) is 22.1. The van der Waals surface area contributed by atoms with Crippen LogP contribution >= 0.6 is 0 Å². The van der Waals surface area contributed by atoms with Crippen LogP contribution in [0.25, 0.3) is 0 Å². The van der Waals surface area contributed by atoms with E-state index in [-0.39, 0.29) is 34.9 Å². The van der Waals surface area contributed by atoms with E-state index in [9.17, 15) is 9.59 Å². The third kappa shape index (κ3) is 4.87. The predicted molar refractivity (Wildman–Crippen MR) is 118 cm³/mol. The van der Waals surface area contributed by atoms with Crippen molar-refractivity contribution >= 4 is 11.9 Å². The minimum Gasteiger partial charge on any atom is -0.469 e. The van der Waals surface area contributed by atoms with Gasteiger partial charge in [-0.15, -0.1) is 0 Å². The Hall–Kier alpha value is -1.10. The summed E-state index contributed by atoms with van der Waals surface area (Å²) >= 11 is 0. The second-order valence-corrected chi connectivity index (χ2v) is 11.3. The van der Waals surface area contributed by atoms with E-state index in [2.05, 4.69) is 39.6 Å². The lowest BCUT2D eigenvalue weighted by atomic mass is 9.69. The number of carbonyl (C=O) groups is 2. The van der Waals surface area contributed by atoms with Gasteiger partial charge in [0.1, 0.15) is 0 Å². The van der Waals surface area contributed by atoms with Crippen molar-refractivity contribution < 1.29 is 19.1 Å². The second-order valence-electron chi connectivity index (χ2n) is 11.3. The zero-order valence-electron chi connectivity index (χ0n) is 20.0. The molecule has 0 amide bonds. The fraction of sp³-hybridized carbons (Fsp3) is 0.920. The van der Waals surface area contributed by atoms with Crippen molar-refractivity contribution in [1.29, 1.82) is 0 Å². The van der Waals surface area contributed by atoms with Crippen LogP contribution in [0.5, 0.6) is 0 Å². The maximum Gasteiger partial charge on any atom is 0.308 e. The summed E-state index contributed by atoms with van der Waals surface area (Å²) in [6.45, 7) is 9.62. The molecule has 2 saturated carbocycles. The molecule has 3 fully saturated rings. The number of hydrogen-bond donors (Lipinski definition) is 0. The van der Waals surface area contributed by atoms with Gasteiger partial charge in [0, 0.05) is 17.0 Å². The molecule has 0 bridgehead atoms. The zero-order valence-corrected chi connectivity index (χ0v) is 20.0. The maximum absolute atomic E-state index is 12.8. The highest BCUT2D eigenvalue weighted by Crippen LogP contribution is 2.44. The summed E-state index contributed by atoms with van der Waals surface area (Å²) in [6, 6.07) is 0. The van der Waals surface area contributed by atoms with E-state index >= 15 is 0 Å². The topological polar surface area (TPSA) is 55.8 Å². The van der Waals surface area contributed by atoms with E-state index < -0.39 is 0 Å². The molecule has 2 aliphatic carbocycles. The van der Waals surface area contributed by atoms with Gasteiger partial charge in [-0.2, -0.15) is 0 Å². The highest BCUT2D eigenvalue weighted by Gasteiger charge is 2.49. The van der Waals surface area contributed by atoms with Crippen LogP contribution in [0.3, 0.4) is 0 Å². The van der Waals surface area contributed by atoms with E-state index in [0.29, 0.717) is 24.4 Å². The lowest BCUT2D eigenvalue weighted by molar-refractivity contribution is -0.152. The van der Waals surface area contributed by atoms with Gasteiger partial charge in [0.25, 0.3) is 0 Å². The van der Waals surface area contributed by atoms with Gasteiger partial charge < -0.3 is 9.47 Å². The van der Waals surface area contributed by atoms with Gasteiger partial charge in [0.15, 0.2) is 0 Å². The van der Waals surface area contributed by atoms with E-state index in [1.165, 1.54) is 7.11 Å². The van der Waals surface area contributed by atoms with Gasteiger partial charge in [-0.1, -0.05) is 0 Å². The van der Waals surface area contributed by atoms with Crippen LogP contribution < -0.4 is 0 Å². The lowest BCUT2D eigenvalue weighted by Gasteiger charge is -2.38. The van der Waals surface area contributed by atoms with Gasteiger partial charge in [0.05, 0.1) is 25.6 Å². The first-order valence-corrected chi connectivity index (χ1v) is 12.0. The van der Waals surface area contributed by atoms with Gasteiger partial charge >= 0.3 is 11.9 Å². The molecular weight excluding hydrogens is 378 g/mol. The van der Waals surface area contributed by atoms with Crippen molar-refractivity contribution in [1.82, 2.24) is 4.90 Å². The average molecular weight is 422 g/mol. The number of nitrogens with zero attached hydrogens (tertiary/aromatic N) is 1. The van der Waals surface area contributed by atoms with E-state index in [4.69, 9.17) is 9.47 Å². The fourth-order valence-electron chi connectivity index (χ4n) is 6.43. The number of ether oxygens (including phenoxy) is 2. The highest BCUT2D eigenvalue weighted by molar-refractivity contribution is 5.72. The quantitative estimate of drug-likeness (QED) is 0.596. The largest absolute Gasteiger partial charge is 0.469 e. The summed E-state index contributed by atoms with van der Waals surface area (Å²) in [5, 5.41) is 0. The lowest BCUT2D eigenvalue weighted by Crippen LogP contribution is -2.47. The SMILES string of the molecule is COC(=O)C1CCC(C2CCC(C(=O)OCC3CC(C)(C)N(C)C3(C)C)CC2)CC1. The molecule has 3 aliphatic rings. The second kappa shape index (κ2) is 9.18. The Balaban J connectivity index is 1.41. The number of hydrogen-bond acceptors (Lipinski definition) is 5. The first kappa shape index (κ1) is 23.6. The first-order chi connectivity index (χ1) is 14.1. The average Bonchev–Trinajstić information content (AvgIpc) is 2.90. The Labute approximate surface area is 183 Å². The normalized spacial score (nSPS) is 36.3. The third-order valence-electron chi connectivity index (χ3n) is 9.02. The molecule has 0 N–H and O–H groups in total. The molecule has 0 radical (unpaired) electrons. The molecule has 5 nitrogen and oxygen atoms in total. The summed E-state index contributed by atoms with van der Waals surface area (Å²) in [6.07, 6.45) is 9.39. The van der Waals surface area contributed by atoms with E-state index in [1.54, 1.807) is 0 Å². The molecule has 172 valence electrons.